The second-order valence-electron chi connectivity index (χ2n) is 2.15. The van der Waals surface area contributed by atoms with E-state index in [-0.39, 0.29) is 0 Å². The lowest BCUT2D eigenvalue weighted by Gasteiger charge is -2.07. The Morgan fingerprint density at radius 2 is 2.00 bits per heavy atom. The van der Waals surface area contributed by atoms with Crippen LogP contribution >= 0.6 is 0 Å². The Bertz CT molecular complexity index is 152. The molecule has 0 N–H and O–H groups in total. The SMILES string of the molecule is CC(F)C(=O)OCCC(F)(F)F. The van der Waals surface area contributed by atoms with Gasteiger partial charge in [-0.3, -0.25) is 0 Å². The summed E-state index contributed by atoms with van der Waals surface area (Å²) >= 11 is 0. The van der Waals surface area contributed by atoms with Crippen LogP contribution in [0.4, 0.5) is 17.6 Å². The fourth-order valence-corrected chi connectivity index (χ4v) is 0.382. The van der Waals surface area contributed by atoms with Crippen molar-refractivity contribution in [2.24, 2.45) is 0 Å². The molecule has 2 nitrogen and oxygen atoms in total. The van der Waals surface area contributed by atoms with Crippen molar-refractivity contribution in [2.75, 3.05) is 6.61 Å². The molecule has 0 saturated carbocycles. The van der Waals surface area contributed by atoms with E-state index in [1.54, 1.807) is 0 Å². The Balaban J connectivity index is 3.51. The summed E-state index contributed by atoms with van der Waals surface area (Å²) < 4.78 is 50.2. The van der Waals surface area contributed by atoms with Gasteiger partial charge in [-0.15, -0.1) is 0 Å². The van der Waals surface area contributed by atoms with Gasteiger partial charge in [0.1, 0.15) is 6.61 Å². The Morgan fingerprint density at radius 3 is 2.33 bits per heavy atom. The summed E-state index contributed by atoms with van der Waals surface area (Å²) in [5.41, 5.74) is 0. The van der Waals surface area contributed by atoms with Gasteiger partial charge in [0, 0.05) is 0 Å². The van der Waals surface area contributed by atoms with Gasteiger partial charge >= 0.3 is 12.1 Å². The summed E-state index contributed by atoms with van der Waals surface area (Å²) in [6.07, 6.45) is -7.50. The average Bonchev–Trinajstić information content (AvgIpc) is 1.84. The van der Waals surface area contributed by atoms with Crippen LogP contribution in [0.5, 0.6) is 0 Å². The molecule has 6 heteroatoms. The predicted molar refractivity (Wildman–Crippen MR) is 32.2 cm³/mol. The van der Waals surface area contributed by atoms with Crippen LogP contribution in [0.25, 0.3) is 0 Å². The summed E-state index contributed by atoms with van der Waals surface area (Å²) in [5.74, 6) is -1.26. The first-order valence-electron chi connectivity index (χ1n) is 3.20. The van der Waals surface area contributed by atoms with Crippen LogP contribution in [0.2, 0.25) is 0 Å². The highest BCUT2D eigenvalue weighted by Gasteiger charge is 2.27. The molecule has 12 heavy (non-hydrogen) atoms. The standard InChI is InChI=1S/C6H8F4O2/c1-4(7)5(11)12-3-2-6(8,9)10/h4H,2-3H2,1H3. The maximum absolute atomic E-state index is 12.0. The summed E-state index contributed by atoms with van der Waals surface area (Å²) in [4.78, 5) is 10.3. The molecule has 0 radical (unpaired) electrons. The van der Waals surface area contributed by atoms with Gasteiger partial charge in [-0.1, -0.05) is 0 Å². The van der Waals surface area contributed by atoms with E-state index in [1.807, 2.05) is 0 Å². The number of ether oxygens (including phenoxy) is 1. The molecule has 0 aromatic carbocycles. The van der Waals surface area contributed by atoms with Crippen LogP contribution < -0.4 is 0 Å². The Kier molecular flexibility index (Phi) is 3.99. The Hall–Kier alpha value is -0.810. The Morgan fingerprint density at radius 1 is 1.50 bits per heavy atom. The third-order valence-electron chi connectivity index (χ3n) is 0.955. The predicted octanol–water partition coefficient (Wildman–Crippen LogP) is 1.84. The molecule has 1 unspecified atom stereocenters. The molecular formula is C6H8F4O2. The summed E-state index contributed by atoms with van der Waals surface area (Å²) in [5, 5.41) is 0. The number of alkyl halides is 4. The molecule has 72 valence electrons. The second-order valence-corrected chi connectivity index (χ2v) is 2.15. The fourth-order valence-electron chi connectivity index (χ4n) is 0.382. The van der Waals surface area contributed by atoms with Crippen LogP contribution in [-0.4, -0.2) is 24.9 Å². The summed E-state index contributed by atoms with van der Waals surface area (Å²) in [6.45, 7) is 0.0759. The van der Waals surface area contributed by atoms with Crippen molar-refractivity contribution in [3.05, 3.63) is 0 Å². The molecule has 0 aliphatic heterocycles. The van der Waals surface area contributed by atoms with Crippen molar-refractivity contribution in [1.82, 2.24) is 0 Å². The first-order valence-corrected chi connectivity index (χ1v) is 3.20. The molecule has 0 aliphatic carbocycles. The van der Waals surface area contributed by atoms with Gasteiger partial charge in [0.25, 0.3) is 0 Å². The molecule has 0 aromatic heterocycles. The minimum atomic E-state index is -4.38. The van der Waals surface area contributed by atoms with Crippen LogP contribution in [-0.2, 0) is 9.53 Å². The van der Waals surface area contributed by atoms with E-state index < -0.39 is 31.3 Å². The molecule has 0 aromatic rings. The number of hydrogen-bond donors (Lipinski definition) is 0. The molecule has 0 aliphatic rings. The van der Waals surface area contributed by atoms with Crippen LogP contribution in [0.3, 0.4) is 0 Å². The summed E-state index contributed by atoms with van der Waals surface area (Å²) in [7, 11) is 0. The normalized spacial score (nSPS) is 14.1. The maximum Gasteiger partial charge on any atom is 0.392 e. The van der Waals surface area contributed by atoms with Crippen LogP contribution in [0.1, 0.15) is 13.3 Å². The number of esters is 1. The number of rotatable bonds is 3. The molecule has 1 atom stereocenters. The van der Waals surface area contributed by atoms with Gasteiger partial charge in [-0.05, 0) is 6.92 Å². The molecule has 0 fully saturated rings. The quantitative estimate of drug-likeness (QED) is 0.499. The molecular weight excluding hydrogens is 180 g/mol. The van der Waals surface area contributed by atoms with Crippen molar-refractivity contribution in [3.63, 3.8) is 0 Å². The van der Waals surface area contributed by atoms with E-state index in [2.05, 4.69) is 4.74 Å². The number of carbonyl (C=O) groups excluding carboxylic acids is 1. The third-order valence-corrected chi connectivity index (χ3v) is 0.955. The molecule has 0 bridgehead atoms. The van der Waals surface area contributed by atoms with Crippen molar-refractivity contribution >= 4 is 5.97 Å². The van der Waals surface area contributed by atoms with Gasteiger partial charge in [-0.2, -0.15) is 13.2 Å². The van der Waals surface area contributed by atoms with E-state index >= 15 is 0 Å². The zero-order chi connectivity index (χ0) is 9.78. The van der Waals surface area contributed by atoms with Gasteiger partial charge < -0.3 is 4.74 Å². The smallest absolute Gasteiger partial charge is 0.392 e. The van der Waals surface area contributed by atoms with Crippen molar-refractivity contribution in [2.45, 2.75) is 25.7 Å². The lowest BCUT2D eigenvalue weighted by Crippen LogP contribution is -2.19. The van der Waals surface area contributed by atoms with Gasteiger partial charge in [0.05, 0.1) is 6.42 Å². The molecule has 0 saturated heterocycles. The largest absolute Gasteiger partial charge is 0.463 e. The van der Waals surface area contributed by atoms with E-state index in [9.17, 15) is 22.4 Å². The van der Waals surface area contributed by atoms with Crippen molar-refractivity contribution < 1.29 is 27.1 Å². The highest BCUT2D eigenvalue weighted by molar-refractivity contribution is 5.73. The van der Waals surface area contributed by atoms with E-state index in [4.69, 9.17) is 0 Å². The van der Waals surface area contributed by atoms with E-state index in [1.165, 1.54) is 0 Å². The monoisotopic (exact) mass is 188 g/mol. The van der Waals surface area contributed by atoms with Gasteiger partial charge in [0.2, 0.25) is 0 Å². The number of hydrogen-bond acceptors (Lipinski definition) is 2. The minimum Gasteiger partial charge on any atom is -0.463 e. The first kappa shape index (κ1) is 11.2. The highest BCUT2D eigenvalue weighted by Crippen LogP contribution is 2.19. The Labute approximate surface area is 66.5 Å². The fraction of sp³-hybridized carbons (Fsp3) is 0.833. The van der Waals surface area contributed by atoms with Gasteiger partial charge in [0.15, 0.2) is 6.17 Å². The average molecular weight is 188 g/mol. The van der Waals surface area contributed by atoms with E-state index in [0.717, 1.165) is 6.92 Å². The topological polar surface area (TPSA) is 26.3 Å². The second kappa shape index (κ2) is 4.27. The highest BCUT2D eigenvalue weighted by atomic mass is 19.4. The van der Waals surface area contributed by atoms with Crippen molar-refractivity contribution in [1.29, 1.82) is 0 Å². The van der Waals surface area contributed by atoms with Crippen molar-refractivity contribution in [3.8, 4) is 0 Å². The molecule has 0 amide bonds. The zero-order valence-electron chi connectivity index (χ0n) is 6.32. The minimum absolute atomic E-state index is 0.823. The van der Waals surface area contributed by atoms with Crippen LogP contribution in [0.15, 0.2) is 0 Å². The molecule has 0 heterocycles. The van der Waals surface area contributed by atoms with Crippen LogP contribution in [0, 0.1) is 0 Å². The molecule has 0 rings (SSSR count). The summed E-state index contributed by atoms with van der Waals surface area (Å²) in [6, 6.07) is 0. The van der Waals surface area contributed by atoms with Gasteiger partial charge in [-0.25, -0.2) is 9.18 Å². The van der Waals surface area contributed by atoms with E-state index in [0.29, 0.717) is 0 Å². The molecule has 0 spiro atoms. The third kappa shape index (κ3) is 5.94. The lowest BCUT2D eigenvalue weighted by atomic mass is 10.4. The lowest BCUT2D eigenvalue weighted by molar-refractivity contribution is -0.162. The number of halogens is 4. The first-order chi connectivity index (χ1) is 5.33. The maximum atomic E-state index is 12.0. The number of carbonyl (C=O) groups is 1. The zero-order valence-corrected chi connectivity index (χ0v) is 6.32.